The van der Waals surface area contributed by atoms with Gasteiger partial charge in [0.1, 0.15) is 18.3 Å². The summed E-state index contributed by atoms with van der Waals surface area (Å²) < 4.78 is 31.7. The van der Waals surface area contributed by atoms with Crippen molar-refractivity contribution in [2.75, 3.05) is 24.2 Å². The van der Waals surface area contributed by atoms with Crippen LogP contribution in [0.3, 0.4) is 0 Å². The number of carbonyl (C=O) groups is 2. The predicted molar refractivity (Wildman–Crippen MR) is 145 cm³/mol. The van der Waals surface area contributed by atoms with Gasteiger partial charge in [-0.1, -0.05) is 47.8 Å². The van der Waals surface area contributed by atoms with Gasteiger partial charge in [-0.25, -0.2) is 8.42 Å². The minimum atomic E-state index is -3.95. The van der Waals surface area contributed by atoms with E-state index in [4.69, 9.17) is 39.5 Å². The Morgan fingerprint density at radius 1 is 1.06 bits per heavy atom. The van der Waals surface area contributed by atoms with Crippen molar-refractivity contribution in [2.24, 2.45) is 0 Å². The zero-order chi connectivity index (χ0) is 27.2. The summed E-state index contributed by atoms with van der Waals surface area (Å²) in [7, 11) is -2.57. The molecule has 2 rings (SSSR count). The van der Waals surface area contributed by atoms with Gasteiger partial charge in [-0.3, -0.25) is 13.9 Å². The topological polar surface area (TPSA) is 96.0 Å². The van der Waals surface area contributed by atoms with Crippen LogP contribution in [-0.2, 0) is 26.2 Å². The number of benzene rings is 2. The smallest absolute Gasteiger partial charge is 0.244 e. The molecule has 2 atom stereocenters. The first kappa shape index (κ1) is 30.0. The van der Waals surface area contributed by atoms with Crippen molar-refractivity contribution >= 4 is 62.3 Å². The molecular formula is C24H30Cl3N3O5S. The van der Waals surface area contributed by atoms with E-state index in [1.165, 1.54) is 30.2 Å². The Kier molecular flexibility index (Phi) is 10.7. The van der Waals surface area contributed by atoms with Crippen LogP contribution in [0.25, 0.3) is 0 Å². The highest BCUT2D eigenvalue weighted by Crippen LogP contribution is 2.33. The zero-order valence-electron chi connectivity index (χ0n) is 20.7. The minimum absolute atomic E-state index is 0.0474. The SMILES string of the molecule is CC[C@@H](C)NC(=O)[C@@H](C)N(Cc1ccc(Cl)cc1Cl)C(=O)CN(c1cc(Cl)ccc1OC)S(C)(=O)=O. The van der Waals surface area contributed by atoms with Gasteiger partial charge in [-0.2, -0.15) is 0 Å². The number of hydrogen-bond acceptors (Lipinski definition) is 5. The first-order chi connectivity index (χ1) is 16.8. The third kappa shape index (κ3) is 7.90. The second kappa shape index (κ2) is 12.9. The molecule has 2 aromatic carbocycles. The molecule has 8 nitrogen and oxygen atoms in total. The number of sulfonamides is 1. The molecule has 2 amide bonds. The lowest BCUT2D eigenvalue weighted by atomic mass is 10.1. The number of amides is 2. The van der Waals surface area contributed by atoms with E-state index in [1.807, 2.05) is 13.8 Å². The van der Waals surface area contributed by atoms with Gasteiger partial charge in [0, 0.05) is 27.7 Å². The van der Waals surface area contributed by atoms with E-state index >= 15 is 0 Å². The molecule has 198 valence electrons. The third-order valence-electron chi connectivity index (χ3n) is 5.61. The third-order valence-corrected chi connectivity index (χ3v) is 7.56. The van der Waals surface area contributed by atoms with Gasteiger partial charge in [-0.15, -0.1) is 0 Å². The summed E-state index contributed by atoms with van der Waals surface area (Å²) in [5, 5.41) is 3.85. The molecule has 0 saturated heterocycles. The lowest BCUT2D eigenvalue weighted by Crippen LogP contribution is -2.52. The number of methoxy groups -OCH3 is 1. The number of ether oxygens (including phenoxy) is 1. The number of halogens is 3. The van der Waals surface area contributed by atoms with Gasteiger partial charge < -0.3 is 15.0 Å². The fraction of sp³-hybridized carbons (Fsp3) is 0.417. The van der Waals surface area contributed by atoms with Gasteiger partial charge in [0.05, 0.1) is 19.1 Å². The van der Waals surface area contributed by atoms with E-state index in [-0.39, 0.29) is 35.0 Å². The van der Waals surface area contributed by atoms with Crippen molar-refractivity contribution in [1.82, 2.24) is 10.2 Å². The van der Waals surface area contributed by atoms with E-state index in [1.54, 1.807) is 25.1 Å². The van der Waals surface area contributed by atoms with Crippen LogP contribution in [0, 0.1) is 0 Å². The number of anilines is 1. The van der Waals surface area contributed by atoms with E-state index in [0.717, 1.165) is 10.6 Å². The van der Waals surface area contributed by atoms with Crippen molar-refractivity contribution in [3.8, 4) is 5.75 Å². The second-order valence-corrected chi connectivity index (χ2v) is 11.5. The fourth-order valence-corrected chi connectivity index (χ4v) is 4.81. The second-order valence-electron chi connectivity index (χ2n) is 8.34. The molecule has 0 spiro atoms. The Balaban J connectivity index is 2.49. The van der Waals surface area contributed by atoms with E-state index in [0.29, 0.717) is 22.0 Å². The summed E-state index contributed by atoms with van der Waals surface area (Å²) in [6, 6.07) is 8.21. The van der Waals surface area contributed by atoms with E-state index in [9.17, 15) is 18.0 Å². The Morgan fingerprint density at radius 3 is 2.22 bits per heavy atom. The standard InChI is InChI=1S/C24H30Cl3N3O5S/c1-6-15(2)28-24(32)16(3)29(13-17-7-8-18(25)11-20(17)27)23(31)14-30(36(5,33)34)21-12-19(26)9-10-22(21)35-4/h7-12,15-16H,6,13-14H2,1-5H3,(H,28,32)/t15-,16-/m1/s1. The maximum absolute atomic E-state index is 13.6. The van der Waals surface area contributed by atoms with Crippen LogP contribution in [0.1, 0.15) is 32.8 Å². The molecule has 0 fully saturated rings. The highest BCUT2D eigenvalue weighted by Gasteiger charge is 2.32. The molecule has 1 N–H and O–H groups in total. The van der Waals surface area contributed by atoms with Crippen molar-refractivity contribution in [3.05, 3.63) is 57.0 Å². The van der Waals surface area contributed by atoms with Gasteiger partial charge in [-0.05, 0) is 56.2 Å². The van der Waals surface area contributed by atoms with E-state index < -0.39 is 28.5 Å². The average Bonchev–Trinajstić information content (AvgIpc) is 2.80. The van der Waals surface area contributed by atoms with Crippen LogP contribution >= 0.6 is 34.8 Å². The molecule has 0 aliphatic rings. The first-order valence-electron chi connectivity index (χ1n) is 11.1. The van der Waals surface area contributed by atoms with Crippen LogP contribution in [0.4, 0.5) is 5.69 Å². The molecule has 36 heavy (non-hydrogen) atoms. The molecule has 0 aliphatic carbocycles. The number of carbonyl (C=O) groups excluding carboxylic acids is 2. The molecule has 0 bridgehead atoms. The Hall–Kier alpha value is -2.20. The lowest BCUT2D eigenvalue weighted by Gasteiger charge is -2.32. The monoisotopic (exact) mass is 577 g/mol. The summed E-state index contributed by atoms with van der Waals surface area (Å²) in [5.74, 6) is -0.790. The summed E-state index contributed by atoms with van der Waals surface area (Å²) in [6.45, 7) is 4.71. The molecule has 0 radical (unpaired) electrons. The highest BCUT2D eigenvalue weighted by molar-refractivity contribution is 7.92. The molecule has 0 unspecified atom stereocenters. The van der Waals surface area contributed by atoms with E-state index in [2.05, 4.69) is 5.32 Å². The van der Waals surface area contributed by atoms with Crippen molar-refractivity contribution < 1.29 is 22.7 Å². The first-order valence-corrected chi connectivity index (χ1v) is 14.1. The summed E-state index contributed by atoms with van der Waals surface area (Å²) in [6.07, 6.45) is 1.67. The molecule has 2 aromatic rings. The lowest BCUT2D eigenvalue weighted by molar-refractivity contribution is -0.139. The van der Waals surface area contributed by atoms with Gasteiger partial charge in [0.25, 0.3) is 0 Å². The molecule has 0 aliphatic heterocycles. The highest BCUT2D eigenvalue weighted by atomic mass is 35.5. The van der Waals surface area contributed by atoms with Gasteiger partial charge >= 0.3 is 0 Å². The summed E-state index contributed by atoms with van der Waals surface area (Å²) >= 11 is 18.5. The molecule has 0 saturated carbocycles. The normalized spacial score (nSPS) is 13.0. The van der Waals surface area contributed by atoms with Crippen LogP contribution in [0.5, 0.6) is 5.75 Å². The van der Waals surface area contributed by atoms with Crippen molar-refractivity contribution in [3.63, 3.8) is 0 Å². The zero-order valence-corrected chi connectivity index (χ0v) is 23.8. The van der Waals surface area contributed by atoms with Crippen LogP contribution in [0.2, 0.25) is 15.1 Å². The molecular weight excluding hydrogens is 549 g/mol. The number of rotatable bonds is 11. The van der Waals surface area contributed by atoms with Crippen LogP contribution in [-0.4, -0.2) is 57.1 Å². The number of nitrogens with one attached hydrogen (secondary N) is 1. The van der Waals surface area contributed by atoms with Crippen molar-refractivity contribution in [2.45, 2.75) is 45.8 Å². The maximum Gasteiger partial charge on any atom is 0.244 e. The Morgan fingerprint density at radius 2 is 1.67 bits per heavy atom. The van der Waals surface area contributed by atoms with Crippen LogP contribution < -0.4 is 14.4 Å². The fourth-order valence-electron chi connectivity index (χ4n) is 3.33. The summed E-state index contributed by atoms with van der Waals surface area (Å²) in [4.78, 5) is 27.9. The number of hydrogen-bond donors (Lipinski definition) is 1. The predicted octanol–water partition coefficient (Wildman–Crippen LogP) is 4.75. The maximum atomic E-state index is 13.6. The molecule has 0 aromatic heterocycles. The average molecular weight is 579 g/mol. The Labute approximate surface area is 227 Å². The van der Waals surface area contributed by atoms with Gasteiger partial charge in [0.15, 0.2) is 0 Å². The summed E-state index contributed by atoms with van der Waals surface area (Å²) in [5.41, 5.74) is 0.644. The molecule has 0 heterocycles. The largest absolute Gasteiger partial charge is 0.495 e. The molecule has 12 heteroatoms. The van der Waals surface area contributed by atoms with Crippen LogP contribution in [0.15, 0.2) is 36.4 Å². The van der Waals surface area contributed by atoms with Gasteiger partial charge in [0.2, 0.25) is 21.8 Å². The van der Waals surface area contributed by atoms with Crippen molar-refractivity contribution in [1.29, 1.82) is 0 Å². The Bertz CT molecular complexity index is 1210. The minimum Gasteiger partial charge on any atom is -0.495 e. The quantitative estimate of drug-likeness (QED) is 0.415. The number of nitrogens with zero attached hydrogens (tertiary/aromatic N) is 2.